The average Bonchev–Trinajstić information content (AvgIpc) is 2.82. The zero-order chi connectivity index (χ0) is 17.3. The van der Waals surface area contributed by atoms with Gasteiger partial charge in [-0.1, -0.05) is 13.8 Å². The van der Waals surface area contributed by atoms with E-state index in [1.54, 1.807) is 4.57 Å². The van der Waals surface area contributed by atoms with Crippen molar-refractivity contribution in [1.82, 2.24) is 4.57 Å². The fourth-order valence-electron chi connectivity index (χ4n) is 2.24. The molecule has 1 aromatic heterocycles. The summed E-state index contributed by atoms with van der Waals surface area (Å²) in [5.41, 5.74) is 8.20. The summed E-state index contributed by atoms with van der Waals surface area (Å²) in [6, 6.07) is 5.95. The van der Waals surface area contributed by atoms with E-state index >= 15 is 0 Å². The van der Waals surface area contributed by atoms with Crippen LogP contribution in [0.1, 0.15) is 41.4 Å². The van der Waals surface area contributed by atoms with Crippen LogP contribution in [-0.2, 0) is 4.74 Å². The lowest BCUT2D eigenvalue weighted by atomic mass is 10.0. The van der Waals surface area contributed by atoms with Crippen LogP contribution < -0.4 is 5.73 Å². The van der Waals surface area contributed by atoms with E-state index in [0.29, 0.717) is 11.6 Å². The molecule has 0 aliphatic carbocycles. The summed E-state index contributed by atoms with van der Waals surface area (Å²) < 4.78 is 7.92. The van der Waals surface area contributed by atoms with Crippen LogP contribution in [0.25, 0.3) is 5.69 Å². The number of rotatable bonds is 3. The number of carbonyl (C=O) groups is 1. The second-order valence-electron chi connectivity index (χ2n) is 5.27. The van der Waals surface area contributed by atoms with E-state index in [2.05, 4.69) is 45.7 Å². The largest absolute Gasteiger partial charge is 0.464 e. The molecule has 1 heterocycles. The summed E-state index contributed by atoms with van der Waals surface area (Å²) in [4.78, 5) is 12.1. The van der Waals surface area contributed by atoms with Crippen LogP contribution in [0.15, 0.2) is 27.3 Å². The molecule has 2 aromatic rings. The fraction of sp³-hybridized carbons (Fsp3) is 0.250. The Morgan fingerprint density at radius 1 is 1.35 bits per heavy atom. The van der Waals surface area contributed by atoms with Gasteiger partial charge in [0.25, 0.3) is 0 Å². The van der Waals surface area contributed by atoms with Gasteiger partial charge in [0.15, 0.2) is 5.69 Å². The Morgan fingerprint density at radius 2 is 1.91 bits per heavy atom. The Bertz CT molecular complexity index is 796. The van der Waals surface area contributed by atoms with Crippen molar-refractivity contribution in [3.63, 3.8) is 0 Å². The first-order chi connectivity index (χ1) is 10.8. The number of nitrogens with zero attached hydrogens (tertiary/aromatic N) is 2. The van der Waals surface area contributed by atoms with E-state index in [1.165, 1.54) is 13.3 Å². The Kier molecular flexibility index (Phi) is 5.17. The molecule has 5 nitrogen and oxygen atoms in total. The third-order valence-corrected chi connectivity index (χ3v) is 4.70. The van der Waals surface area contributed by atoms with Crippen LogP contribution in [-0.4, -0.2) is 17.6 Å². The van der Waals surface area contributed by atoms with Crippen molar-refractivity contribution in [2.75, 3.05) is 12.8 Å². The molecule has 0 saturated carbocycles. The Labute approximate surface area is 151 Å². The van der Waals surface area contributed by atoms with Crippen molar-refractivity contribution in [2.24, 2.45) is 0 Å². The number of ether oxygens (including phenoxy) is 1. The van der Waals surface area contributed by atoms with Crippen LogP contribution in [0.5, 0.6) is 0 Å². The SMILES string of the molecule is COC(=O)c1c(N)c(C#N)cn1-c1c(Br)cc(C(C)C)cc1Br. The van der Waals surface area contributed by atoms with Gasteiger partial charge in [-0.05, 0) is 55.5 Å². The number of nitriles is 1. The quantitative estimate of drug-likeness (QED) is 0.718. The lowest BCUT2D eigenvalue weighted by Gasteiger charge is -2.15. The summed E-state index contributed by atoms with van der Waals surface area (Å²) in [6.45, 7) is 4.18. The third-order valence-electron chi connectivity index (χ3n) is 3.49. The van der Waals surface area contributed by atoms with E-state index in [-0.39, 0.29) is 16.9 Å². The second kappa shape index (κ2) is 6.77. The van der Waals surface area contributed by atoms with Crippen molar-refractivity contribution in [1.29, 1.82) is 5.26 Å². The first-order valence-electron chi connectivity index (χ1n) is 6.80. The molecule has 0 aliphatic heterocycles. The molecule has 23 heavy (non-hydrogen) atoms. The number of carbonyl (C=O) groups excluding carboxylic acids is 1. The van der Waals surface area contributed by atoms with Gasteiger partial charge in [0.2, 0.25) is 0 Å². The maximum atomic E-state index is 12.1. The van der Waals surface area contributed by atoms with E-state index in [4.69, 9.17) is 10.5 Å². The van der Waals surface area contributed by atoms with E-state index < -0.39 is 5.97 Å². The molecule has 1 aromatic carbocycles. The minimum Gasteiger partial charge on any atom is -0.464 e. The number of aromatic nitrogens is 1. The highest BCUT2D eigenvalue weighted by atomic mass is 79.9. The fourth-order valence-corrected chi connectivity index (χ4v) is 3.84. The summed E-state index contributed by atoms with van der Waals surface area (Å²) in [5, 5.41) is 9.19. The number of methoxy groups -OCH3 is 1. The minimum absolute atomic E-state index is 0.103. The van der Waals surface area contributed by atoms with E-state index in [9.17, 15) is 10.1 Å². The average molecular weight is 441 g/mol. The normalized spacial score (nSPS) is 10.7. The standard InChI is InChI=1S/C16H15Br2N3O2/c1-8(2)9-4-11(17)14(12(18)5-9)21-7-10(6-19)13(20)15(21)16(22)23-3/h4-5,7-8H,20H2,1-3H3. The van der Waals surface area contributed by atoms with E-state index in [0.717, 1.165) is 14.5 Å². The monoisotopic (exact) mass is 439 g/mol. The zero-order valence-corrected chi connectivity index (χ0v) is 16.0. The van der Waals surface area contributed by atoms with Crippen molar-refractivity contribution < 1.29 is 9.53 Å². The number of nitrogens with two attached hydrogens (primary N) is 1. The van der Waals surface area contributed by atoms with Crippen LogP contribution in [0, 0.1) is 11.3 Å². The molecule has 0 bridgehead atoms. The van der Waals surface area contributed by atoms with Crippen LogP contribution >= 0.6 is 31.9 Å². The maximum Gasteiger partial charge on any atom is 0.357 e. The molecule has 2 N–H and O–H groups in total. The Balaban J connectivity index is 2.78. The lowest BCUT2D eigenvalue weighted by molar-refractivity contribution is 0.0593. The summed E-state index contributed by atoms with van der Waals surface area (Å²) >= 11 is 7.07. The Morgan fingerprint density at radius 3 is 2.35 bits per heavy atom. The maximum absolute atomic E-state index is 12.1. The first-order valence-corrected chi connectivity index (χ1v) is 8.38. The predicted molar refractivity (Wildman–Crippen MR) is 95.7 cm³/mol. The van der Waals surface area contributed by atoms with Gasteiger partial charge in [0, 0.05) is 15.1 Å². The first kappa shape index (κ1) is 17.6. The van der Waals surface area contributed by atoms with Gasteiger partial charge in [-0.3, -0.25) is 0 Å². The number of nitrogen functional groups attached to an aromatic ring is 1. The zero-order valence-electron chi connectivity index (χ0n) is 12.9. The number of hydrogen-bond acceptors (Lipinski definition) is 4. The molecule has 0 aliphatic rings. The van der Waals surface area contributed by atoms with Crippen LogP contribution in [0.3, 0.4) is 0 Å². The molecule has 0 atom stereocenters. The molecule has 120 valence electrons. The summed E-state index contributed by atoms with van der Waals surface area (Å²) in [5.74, 6) is -0.253. The molecule has 0 radical (unpaired) electrons. The van der Waals surface area contributed by atoms with Gasteiger partial charge in [-0.25, -0.2) is 4.79 Å². The molecular weight excluding hydrogens is 426 g/mol. The topological polar surface area (TPSA) is 81.0 Å². The summed E-state index contributed by atoms with van der Waals surface area (Å²) in [6.07, 6.45) is 1.53. The highest BCUT2D eigenvalue weighted by molar-refractivity contribution is 9.11. The smallest absolute Gasteiger partial charge is 0.357 e. The van der Waals surface area contributed by atoms with Crippen molar-refractivity contribution in [3.8, 4) is 11.8 Å². The van der Waals surface area contributed by atoms with Gasteiger partial charge in [-0.2, -0.15) is 5.26 Å². The lowest BCUT2D eigenvalue weighted by Crippen LogP contribution is -2.12. The van der Waals surface area contributed by atoms with Gasteiger partial charge < -0.3 is 15.0 Å². The van der Waals surface area contributed by atoms with Gasteiger partial charge in [-0.15, -0.1) is 0 Å². The molecule has 0 amide bonds. The second-order valence-corrected chi connectivity index (χ2v) is 6.97. The van der Waals surface area contributed by atoms with Gasteiger partial charge in [0.1, 0.15) is 6.07 Å². The minimum atomic E-state index is -0.601. The number of anilines is 1. The third kappa shape index (κ3) is 3.14. The molecule has 0 spiro atoms. The molecule has 0 unspecified atom stereocenters. The van der Waals surface area contributed by atoms with Gasteiger partial charge >= 0.3 is 5.97 Å². The Hall–Kier alpha value is -1.78. The van der Waals surface area contributed by atoms with Crippen molar-refractivity contribution in [2.45, 2.75) is 19.8 Å². The molecule has 7 heteroatoms. The van der Waals surface area contributed by atoms with Crippen molar-refractivity contribution in [3.05, 3.63) is 44.1 Å². The van der Waals surface area contributed by atoms with Crippen LogP contribution in [0.2, 0.25) is 0 Å². The molecule has 2 rings (SSSR count). The number of benzene rings is 1. The number of halogens is 2. The number of hydrogen-bond donors (Lipinski definition) is 1. The van der Waals surface area contributed by atoms with Crippen molar-refractivity contribution >= 4 is 43.5 Å². The predicted octanol–water partition coefficient (Wildman–Crippen LogP) is 4.37. The highest BCUT2D eigenvalue weighted by Gasteiger charge is 2.24. The summed E-state index contributed by atoms with van der Waals surface area (Å²) in [7, 11) is 1.27. The van der Waals surface area contributed by atoms with Crippen LogP contribution in [0.4, 0.5) is 5.69 Å². The highest BCUT2D eigenvalue weighted by Crippen LogP contribution is 2.36. The van der Waals surface area contributed by atoms with Gasteiger partial charge in [0.05, 0.1) is 24.0 Å². The molecule has 0 fully saturated rings. The molecular formula is C16H15Br2N3O2. The molecule has 0 saturated heterocycles. The van der Waals surface area contributed by atoms with E-state index in [1.807, 2.05) is 18.2 Å². The number of esters is 1.